The van der Waals surface area contributed by atoms with Crippen LogP contribution in [0.15, 0.2) is 41.1 Å². The fraction of sp³-hybridized carbons (Fsp3) is 0.333. The van der Waals surface area contributed by atoms with Crippen LogP contribution < -0.4 is 5.43 Å². The van der Waals surface area contributed by atoms with Gasteiger partial charge in [0.2, 0.25) is 10.0 Å². The number of carbonyl (C=O) groups is 1. The number of hydrogen-bond donors (Lipinski definition) is 1. The van der Waals surface area contributed by atoms with E-state index in [-0.39, 0.29) is 16.7 Å². The Labute approximate surface area is 182 Å². The quantitative estimate of drug-likeness (QED) is 0.619. The lowest BCUT2D eigenvalue weighted by Crippen LogP contribution is -2.37. The number of nitrogens with zero attached hydrogens (tertiary/aromatic N) is 5. The maximum absolute atomic E-state index is 12.9. The van der Waals surface area contributed by atoms with Crippen LogP contribution in [0.3, 0.4) is 0 Å². The van der Waals surface area contributed by atoms with Crippen molar-refractivity contribution in [3.63, 3.8) is 0 Å². The van der Waals surface area contributed by atoms with Crippen molar-refractivity contribution in [1.29, 1.82) is 0 Å². The van der Waals surface area contributed by atoms with Crippen molar-refractivity contribution in [2.24, 2.45) is 0 Å². The van der Waals surface area contributed by atoms with Crippen LogP contribution in [0.2, 0.25) is 5.02 Å². The average Bonchev–Trinajstić information content (AvgIpc) is 3.42. The van der Waals surface area contributed by atoms with E-state index in [1.807, 2.05) is 6.92 Å². The molecule has 0 spiro atoms. The summed E-state index contributed by atoms with van der Waals surface area (Å²) in [6.45, 7) is 2.61. The third kappa shape index (κ3) is 4.24. The van der Waals surface area contributed by atoms with Gasteiger partial charge in [0, 0.05) is 29.4 Å². The number of halogens is 1. The monoisotopic (exact) mass is 466 g/mol. The second kappa shape index (κ2) is 8.42. The number of carbonyl (C=O) groups excluding carboxylic acids is 1. The fourth-order valence-electron chi connectivity index (χ4n) is 3.24. The molecule has 1 amide bonds. The molecule has 3 aromatic rings. The summed E-state index contributed by atoms with van der Waals surface area (Å²) < 4.78 is 28.7. The first-order chi connectivity index (χ1) is 14.3. The Hall–Kier alpha value is -2.34. The number of benzene rings is 1. The molecule has 30 heavy (non-hydrogen) atoms. The minimum Gasteiger partial charge on any atom is -0.266 e. The minimum absolute atomic E-state index is 0.111. The van der Waals surface area contributed by atoms with E-state index in [4.69, 9.17) is 11.6 Å². The van der Waals surface area contributed by atoms with Crippen molar-refractivity contribution in [3.05, 3.63) is 57.5 Å². The van der Waals surface area contributed by atoms with E-state index in [1.54, 1.807) is 17.5 Å². The maximum atomic E-state index is 12.9. The van der Waals surface area contributed by atoms with Crippen LogP contribution >= 0.6 is 22.9 Å². The van der Waals surface area contributed by atoms with E-state index < -0.39 is 10.0 Å². The summed E-state index contributed by atoms with van der Waals surface area (Å²) in [5.74, 6) is -0.243. The van der Waals surface area contributed by atoms with Crippen molar-refractivity contribution in [2.75, 3.05) is 18.5 Å². The topological polar surface area (TPSA) is 110 Å². The SMILES string of the molecule is Cc1ccc(S(=O)(=O)N2CCC(c3nc(C(=O)Nn4cnnc4)cs3)CC2)cc1Cl. The molecule has 0 atom stereocenters. The van der Waals surface area contributed by atoms with Crippen LogP contribution in [0.4, 0.5) is 0 Å². The van der Waals surface area contributed by atoms with E-state index in [2.05, 4.69) is 20.6 Å². The first-order valence-corrected chi connectivity index (χ1v) is 11.9. The molecule has 4 rings (SSSR count). The standard InChI is InChI=1S/C18H19ClN6O3S2/c1-12-2-3-14(8-15(12)19)30(27,28)25-6-4-13(5-7-25)18-22-16(9-29-18)17(26)23-24-10-20-21-11-24/h2-3,8-11,13H,4-7H2,1H3,(H,23,26). The van der Waals surface area contributed by atoms with Crippen LogP contribution in [0.25, 0.3) is 0 Å². The number of hydrogen-bond acceptors (Lipinski definition) is 7. The van der Waals surface area contributed by atoms with Crippen molar-refractivity contribution in [1.82, 2.24) is 24.2 Å². The molecule has 1 saturated heterocycles. The fourth-order valence-corrected chi connectivity index (χ4v) is 5.95. The lowest BCUT2D eigenvalue weighted by molar-refractivity contribution is 0.100. The number of sulfonamides is 1. The zero-order valence-electron chi connectivity index (χ0n) is 16.0. The second-order valence-corrected chi connectivity index (χ2v) is 10.2. The van der Waals surface area contributed by atoms with Gasteiger partial charge in [-0.2, -0.15) is 4.31 Å². The highest BCUT2D eigenvalue weighted by Crippen LogP contribution is 2.33. The summed E-state index contributed by atoms with van der Waals surface area (Å²) in [7, 11) is -3.59. The Morgan fingerprint density at radius 1 is 1.23 bits per heavy atom. The molecule has 158 valence electrons. The Balaban J connectivity index is 1.40. The van der Waals surface area contributed by atoms with Gasteiger partial charge < -0.3 is 0 Å². The van der Waals surface area contributed by atoms with E-state index in [0.29, 0.717) is 36.6 Å². The third-order valence-corrected chi connectivity index (χ3v) is 8.30. The predicted octanol–water partition coefficient (Wildman–Crippen LogP) is 2.65. The number of amides is 1. The second-order valence-electron chi connectivity index (χ2n) is 6.97. The lowest BCUT2D eigenvalue weighted by atomic mass is 9.99. The van der Waals surface area contributed by atoms with Gasteiger partial charge >= 0.3 is 0 Å². The Kier molecular flexibility index (Phi) is 5.87. The van der Waals surface area contributed by atoms with Crippen LogP contribution in [0, 0.1) is 6.92 Å². The molecule has 1 aliphatic heterocycles. The van der Waals surface area contributed by atoms with Crippen LogP contribution in [0.5, 0.6) is 0 Å². The molecule has 2 aromatic heterocycles. The van der Waals surface area contributed by atoms with Gasteiger partial charge in [-0.3, -0.25) is 10.2 Å². The van der Waals surface area contributed by atoms with Crippen LogP contribution in [-0.4, -0.2) is 51.6 Å². The van der Waals surface area contributed by atoms with E-state index >= 15 is 0 Å². The van der Waals surface area contributed by atoms with Gasteiger partial charge in [0.05, 0.1) is 9.90 Å². The molecule has 0 unspecified atom stereocenters. The molecule has 1 aromatic carbocycles. The lowest BCUT2D eigenvalue weighted by Gasteiger charge is -2.30. The zero-order valence-corrected chi connectivity index (χ0v) is 18.4. The van der Waals surface area contributed by atoms with Gasteiger partial charge in [0.25, 0.3) is 5.91 Å². The van der Waals surface area contributed by atoms with E-state index in [0.717, 1.165) is 10.6 Å². The molecule has 0 radical (unpaired) electrons. The van der Waals surface area contributed by atoms with Gasteiger partial charge in [-0.25, -0.2) is 18.1 Å². The summed E-state index contributed by atoms with van der Waals surface area (Å²) in [5, 5.41) is 10.2. The number of thiazole rings is 1. The minimum atomic E-state index is -3.59. The molecular weight excluding hydrogens is 448 g/mol. The van der Waals surface area contributed by atoms with Gasteiger partial charge in [0.1, 0.15) is 18.3 Å². The summed E-state index contributed by atoms with van der Waals surface area (Å²) in [5.41, 5.74) is 3.76. The smallest absolute Gasteiger partial charge is 0.266 e. The first-order valence-electron chi connectivity index (χ1n) is 9.22. The highest BCUT2D eigenvalue weighted by molar-refractivity contribution is 7.89. The molecule has 1 fully saturated rings. The first kappa shape index (κ1) is 20.9. The molecule has 9 nitrogen and oxygen atoms in total. The molecule has 0 aliphatic carbocycles. The molecule has 12 heteroatoms. The molecule has 3 heterocycles. The predicted molar refractivity (Wildman–Crippen MR) is 113 cm³/mol. The highest BCUT2D eigenvalue weighted by atomic mass is 35.5. The molecule has 0 saturated carbocycles. The third-order valence-electron chi connectivity index (χ3n) is 4.99. The van der Waals surface area contributed by atoms with Gasteiger partial charge in [-0.1, -0.05) is 17.7 Å². The van der Waals surface area contributed by atoms with Crippen molar-refractivity contribution >= 4 is 38.9 Å². The van der Waals surface area contributed by atoms with Gasteiger partial charge in [-0.15, -0.1) is 21.5 Å². The van der Waals surface area contributed by atoms with Gasteiger partial charge in [0.15, 0.2) is 0 Å². The number of nitrogens with one attached hydrogen (secondary N) is 1. The summed E-state index contributed by atoms with van der Waals surface area (Å²) in [6, 6.07) is 4.80. The summed E-state index contributed by atoms with van der Waals surface area (Å²) in [4.78, 5) is 16.9. The summed E-state index contributed by atoms with van der Waals surface area (Å²) in [6.07, 6.45) is 4.03. The molecular formula is C18H19ClN6O3S2. The van der Waals surface area contributed by atoms with E-state index in [1.165, 1.54) is 39.0 Å². The summed E-state index contributed by atoms with van der Waals surface area (Å²) >= 11 is 7.51. The highest BCUT2D eigenvalue weighted by Gasteiger charge is 2.31. The van der Waals surface area contributed by atoms with Crippen molar-refractivity contribution in [2.45, 2.75) is 30.6 Å². The Morgan fingerprint density at radius 3 is 2.60 bits per heavy atom. The van der Waals surface area contributed by atoms with Crippen molar-refractivity contribution in [3.8, 4) is 0 Å². The van der Waals surface area contributed by atoms with Gasteiger partial charge in [-0.05, 0) is 37.5 Å². The largest absolute Gasteiger partial charge is 0.289 e. The van der Waals surface area contributed by atoms with Crippen molar-refractivity contribution < 1.29 is 13.2 Å². The number of aromatic nitrogens is 4. The normalized spacial score (nSPS) is 15.9. The average molecular weight is 467 g/mol. The number of rotatable bonds is 5. The van der Waals surface area contributed by atoms with Crippen LogP contribution in [-0.2, 0) is 10.0 Å². The Bertz CT molecular complexity index is 1150. The maximum Gasteiger partial charge on any atom is 0.289 e. The molecule has 1 N–H and O–H groups in total. The van der Waals surface area contributed by atoms with Crippen LogP contribution in [0.1, 0.15) is 39.8 Å². The van der Waals surface area contributed by atoms with E-state index in [9.17, 15) is 13.2 Å². The Morgan fingerprint density at radius 2 is 1.93 bits per heavy atom. The number of aryl methyl sites for hydroxylation is 1. The number of piperidine rings is 1. The molecule has 0 bridgehead atoms. The zero-order chi connectivity index (χ0) is 21.3. The molecule has 1 aliphatic rings.